The molecule has 2 saturated carbocycles. The van der Waals surface area contributed by atoms with Crippen molar-refractivity contribution in [1.82, 2.24) is 4.90 Å². The Morgan fingerprint density at radius 1 is 1.04 bits per heavy atom. The zero-order chi connectivity index (χ0) is 31.9. The molecule has 0 spiro atoms. The number of carbonyl (C=O) groups is 3. The first-order valence-corrected chi connectivity index (χ1v) is 17.0. The summed E-state index contributed by atoms with van der Waals surface area (Å²) >= 11 is 0. The van der Waals surface area contributed by atoms with E-state index in [-0.39, 0.29) is 41.4 Å². The fourth-order valence-electron chi connectivity index (χ4n) is 7.83. The van der Waals surface area contributed by atoms with Crippen LogP contribution in [0.2, 0.25) is 0 Å². The number of nitrogens with zero attached hydrogens (tertiary/aromatic N) is 1. The molecule has 1 aromatic heterocycles. The van der Waals surface area contributed by atoms with Crippen molar-refractivity contribution in [2.75, 3.05) is 32.3 Å². The van der Waals surface area contributed by atoms with Crippen LogP contribution in [-0.2, 0) is 19.1 Å². The van der Waals surface area contributed by atoms with Crippen LogP contribution in [0.15, 0.2) is 28.7 Å². The van der Waals surface area contributed by atoms with Gasteiger partial charge in [-0.25, -0.2) is 9.18 Å². The van der Waals surface area contributed by atoms with E-state index in [1.165, 1.54) is 0 Å². The monoisotopic (exact) mass is 627 g/mol. The third-order valence-corrected chi connectivity index (χ3v) is 10.5. The molecule has 1 aromatic carbocycles. The van der Waals surface area contributed by atoms with Crippen molar-refractivity contribution in [2.45, 2.75) is 102 Å². The zero-order valence-corrected chi connectivity index (χ0v) is 26.8. The van der Waals surface area contributed by atoms with E-state index in [0.717, 1.165) is 64.2 Å². The topological polar surface area (TPSA) is 124 Å². The minimum absolute atomic E-state index is 0.0304. The predicted octanol–water partition coefficient (Wildman–Crippen LogP) is 6.24. The summed E-state index contributed by atoms with van der Waals surface area (Å²) in [4.78, 5) is 42.4. The lowest BCUT2D eigenvalue weighted by molar-refractivity contribution is -0.142. The van der Waals surface area contributed by atoms with Gasteiger partial charge in [0.25, 0.3) is 0 Å². The van der Waals surface area contributed by atoms with Gasteiger partial charge in [-0.3, -0.25) is 9.59 Å². The number of ether oxygens (including phenoxy) is 2. The number of likely N-dealkylation sites (tertiary alicyclic amines) is 1. The van der Waals surface area contributed by atoms with Gasteiger partial charge in [0.2, 0.25) is 17.6 Å². The summed E-state index contributed by atoms with van der Waals surface area (Å²) < 4.78 is 29.8. The minimum atomic E-state index is -0.568. The number of fused-ring (bicyclic) bond motifs is 1. The van der Waals surface area contributed by atoms with E-state index in [1.807, 2.05) is 4.90 Å². The number of methoxy groups -OCH3 is 1. The van der Waals surface area contributed by atoms with E-state index in [4.69, 9.17) is 19.6 Å². The number of unbranched alkanes of at least 4 members (excludes halogenated alkanes) is 2. The maximum absolute atomic E-state index is 14.1. The number of nitrogens with two attached hydrogens (primary N) is 1. The number of nitrogens with one attached hydrogen (secondary N) is 1. The van der Waals surface area contributed by atoms with Crippen molar-refractivity contribution >= 4 is 34.4 Å². The Morgan fingerprint density at radius 2 is 1.80 bits per heavy atom. The van der Waals surface area contributed by atoms with Crippen molar-refractivity contribution in [3.05, 3.63) is 30.0 Å². The average molecular weight is 628 g/mol. The van der Waals surface area contributed by atoms with Gasteiger partial charge in [0.05, 0.1) is 12.7 Å². The third-order valence-electron chi connectivity index (χ3n) is 10.5. The molecule has 1 aliphatic heterocycles. The normalized spacial score (nSPS) is 27.8. The number of hydrogen-bond donors (Lipinski definition) is 2. The van der Waals surface area contributed by atoms with Gasteiger partial charge in [-0.1, -0.05) is 19.8 Å². The molecule has 45 heavy (non-hydrogen) atoms. The van der Waals surface area contributed by atoms with E-state index in [1.54, 1.807) is 31.4 Å². The fourth-order valence-corrected chi connectivity index (χ4v) is 7.83. The Kier molecular flexibility index (Phi) is 11.5. The number of anilines is 1. The van der Waals surface area contributed by atoms with Gasteiger partial charge in [0.15, 0.2) is 0 Å². The van der Waals surface area contributed by atoms with Crippen LogP contribution < -0.4 is 11.1 Å². The molecule has 0 radical (unpaired) electrons. The fraction of sp³-hybridized carbons (Fsp3) is 0.686. The van der Waals surface area contributed by atoms with Crippen molar-refractivity contribution in [1.29, 1.82) is 0 Å². The molecular formula is C35H50FN3O6. The maximum atomic E-state index is 14.1. The molecular weight excluding hydrogens is 577 g/mol. The molecule has 2 aromatic rings. The summed E-state index contributed by atoms with van der Waals surface area (Å²) in [6, 6.07) is 5.88. The molecule has 3 atom stereocenters. The summed E-state index contributed by atoms with van der Waals surface area (Å²) in [6.45, 7) is 2.45. The number of esters is 1. The van der Waals surface area contributed by atoms with Crippen LogP contribution in [-0.4, -0.2) is 67.8 Å². The lowest BCUT2D eigenvalue weighted by Crippen LogP contribution is -2.50. The molecule has 2 aliphatic carbocycles. The van der Waals surface area contributed by atoms with Crippen LogP contribution in [0.1, 0.15) is 94.5 Å². The molecule has 0 unspecified atom stereocenters. The number of alkyl halides is 1. The van der Waals surface area contributed by atoms with Crippen molar-refractivity contribution in [3.63, 3.8) is 0 Å². The first-order valence-electron chi connectivity index (χ1n) is 17.0. The number of benzene rings is 1. The highest BCUT2D eigenvalue weighted by molar-refractivity contribution is 6.00. The van der Waals surface area contributed by atoms with Crippen molar-refractivity contribution in [3.8, 4) is 0 Å². The third kappa shape index (κ3) is 7.88. The smallest absolute Gasteiger partial charge is 0.374 e. The molecule has 3 N–H and O–H groups in total. The summed E-state index contributed by atoms with van der Waals surface area (Å²) in [6.07, 6.45) is 10.5. The SMILES string of the molecule is CCCCCOC(=O)c1cc2cc(NC(=O)[C@@H]3[C@H](C4CCC(OC)CC4)CCN3C(=O)C3CCC([C@H](N)CF)CC3)ccc2o1. The van der Waals surface area contributed by atoms with Gasteiger partial charge in [-0.2, -0.15) is 0 Å². The van der Waals surface area contributed by atoms with E-state index in [0.29, 0.717) is 48.6 Å². The number of carbonyl (C=O) groups excluding carboxylic acids is 3. The average Bonchev–Trinajstić information content (AvgIpc) is 3.71. The maximum Gasteiger partial charge on any atom is 0.374 e. The van der Waals surface area contributed by atoms with E-state index < -0.39 is 24.7 Å². The van der Waals surface area contributed by atoms with Crippen LogP contribution >= 0.6 is 0 Å². The molecule has 2 heterocycles. The predicted molar refractivity (Wildman–Crippen MR) is 170 cm³/mol. The van der Waals surface area contributed by atoms with Gasteiger partial charge in [0, 0.05) is 36.7 Å². The first-order chi connectivity index (χ1) is 21.8. The van der Waals surface area contributed by atoms with Gasteiger partial charge in [-0.05, 0) is 106 Å². The summed E-state index contributed by atoms with van der Waals surface area (Å²) in [5, 5.41) is 3.78. The Balaban J connectivity index is 1.30. The largest absolute Gasteiger partial charge is 0.460 e. The Hall–Kier alpha value is -2.98. The molecule has 3 aliphatic rings. The number of hydrogen-bond acceptors (Lipinski definition) is 7. The Bertz CT molecular complexity index is 1300. The van der Waals surface area contributed by atoms with Gasteiger partial charge in [0.1, 0.15) is 18.3 Å². The number of rotatable bonds is 12. The molecule has 2 amide bonds. The van der Waals surface area contributed by atoms with Crippen LogP contribution in [0.5, 0.6) is 0 Å². The number of halogens is 1. The van der Waals surface area contributed by atoms with E-state index in [2.05, 4.69) is 12.2 Å². The zero-order valence-electron chi connectivity index (χ0n) is 26.8. The lowest BCUT2D eigenvalue weighted by Gasteiger charge is -2.37. The first kappa shape index (κ1) is 33.4. The summed E-state index contributed by atoms with van der Waals surface area (Å²) in [7, 11) is 1.75. The second-order valence-corrected chi connectivity index (χ2v) is 13.3. The Labute approximate surface area is 265 Å². The van der Waals surface area contributed by atoms with Crippen LogP contribution in [0.25, 0.3) is 11.0 Å². The summed E-state index contributed by atoms with van der Waals surface area (Å²) in [5.41, 5.74) is 7.08. The van der Waals surface area contributed by atoms with Crippen LogP contribution in [0.3, 0.4) is 0 Å². The molecule has 10 heteroatoms. The van der Waals surface area contributed by atoms with Crippen molar-refractivity contribution < 1.29 is 32.7 Å². The van der Waals surface area contributed by atoms with Crippen LogP contribution in [0.4, 0.5) is 10.1 Å². The Morgan fingerprint density at radius 3 is 2.49 bits per heavy atom. The standard InChI is InChI=1S/C35H50FN3O6/c1-3-4-5-18-44-35(42)31-20-25-19-26(12-15-30(25)45-31)38-33(40)32-28(22-10-13-27(43-2)14-11-22)16-17-39(32)34(41)24-8-6-23(7-9-24)29(37)21-36/h12,15,19-20,22-24,27-29,32H,3-11,13-14,16-18,21,37H2,1-2H3,(H,38,40)/t22?,23?,24?,27?,28-,29+,32-/m0/s1. The van der Waals surface area contributed by atoms with Crippen molar-refractivity contribution in [2.24, 2.45) is 29.4 Å². The number of furan rings is 1. The molecule has 3 fully saturated rings. The second-order valence-electron chi connectivity index (χ2n) is 13.3. The summed E-state index contributed by atoms with van der Waals surface area (Å²) in [5.74, 6) is -0.198. The lowest BCUT2D eigenvalue weighted by atomic mass is 9.75. The molecule has 0 bridgehead atoms. The molecule has 5 rings (SSSR count). The van der Waals surface area contributed by atoms with E-state index in [9.17, 15) is 18.8 Å². The quantitative estimate of drug-likeness (QED) is 0.211. The van der Waals surface area contributed by atoms with Gasteiger partial charge < -0.3 is 29.8 Å². The van der Waals surface area contributed by atoms with Crippen LogP contribution in [0, 0.1) is 23.7 Å². The van der Waals surface area contributed by atoms with Gasteiger partial charge >= 0.3 is 5.97 Å². The highest BCUT2D eigenvalue weighted by atomic mass is 19.1. The highest BCUT2D eigenvalue weighted by Gasteiger charge is 2.47. The minimum Gasteiger partial charge on any atom is -0.460 e. The van der Waals surface area contributed by atoms with Gasteiger partial charge in [-0.15, -0.1) is 0 Å². The molecule has 248 valence electrons. The molecule has 1 saturated heterocycles. The number of amides is 2. The second kappa shape index (κ2) is 15.5. The van der Waals surface area contributed by atoms with E-state index >= 15 is 0 Å². The molecule has 9 nitrogen and oxygen atoms in total. The highest BCUT2D eigenvalue weighted by Crippen LogP contribution is 2.42.